The van der Waals surface area contributed by atoms with Crippen LogP contribution in [0.15, 0.2) is 18.2 Å². The van der Waals surface area contributed by atoms with E-state index in [1.807, 2.05) is 0 Å². The summed E-state index contributed by atoms with van der Waals surface area (Å²) in [6.07, 6.45) is 0. The average Bonchev–Trinajstić information content (AvgIpc) is 1.83. The summed E-state index contributed by atoms with van der Waals surface area (Å²) < 4.78 is 1.50. The third kappa shape index (κ3) is 1.52. The molecule has 1 heteroatoms. The van der Waals surface area contributed by atoms with Crippen molar-refractivity contribution in [1.29, 1.82) is 0 Å². The summed E-state index contributed by atoms with van der Waals surface area (Å²) in [5, 5.41) is 0. The molecule has 0 aliphatic heterocycles. The van der Waals surface area contributed by atoms with Gasteiger partial charge in [0.05, 0.1) is 0 Å². The van der Waals surface area contributed by atoms with Crippen LogP contribution in [0.2, 0.25) is 0 Å². The van der Waals surface area contributed by atoms with E-state index in [0.717, 1.165) is 0 Å². The van der Waals surface area contributed by atoms with Gasteiger partial charge in [0.15, 0.2) is 0 Å². The van der Waals surface area contributed by atoms with Crippen molar-refractivity contribution >= 4 is 28.0 Å². The number of hydrogen-bond acceptors (Lipinski definition) is 0. The molecule has 0 aromatic heterocycles. The molecule has 0 heterocycles. The molecule has 1 rings (SSSR count). The Morgan fingerprint density at radius 2 is 1.89 bits per heavy atom. The van der Waals surface area contributed by atoms with Gasteiger partial charge >= 0.3 is 71.2 Å². The quantitative estimate of drug-likeness (QED) is 0.629. The van der Waals surface area contributed by atoms with E-state index in [2.05, 4.69) is 32.0 Å². The first-order chi connectivity index (χ1) is 4.22. The molecule has 0 nitrogen and oxygen atoms in total. The van der Waals surface area contributed by atoms with Gasteiger partial charge in [0.1, 0.15) is 0 Å². The predicted molar refractivity (Wildman–Crippen MR) is 41.3 cm³/mol. The molecule has 0 aliphatic rings. The van der Waals surface area contributed by atoms with Gasteiger partial charge in [-0.3, -0.25) is 0 Å². The fourth-order valence-electron chi connectivity index (χ4n) is 0.736. The molecule has 0 N–H and O–H groups in total. The number of benzene rings is 1. The van der Waals surface area contributed by atoms with Crippen LogP contribution in [0.3, 0.4) is 0 Å². The van der Waals surface area contributed by atoms with Crippen molar-refractivity contribution in [2.45, 2.75) is 13.8 Å². The van der Waals surface area contributed by atoms with E-state index in [0.29, 0.717) is 0 Å². The van der Waals surface area contributed by atoms with Crippen molar-refractivity contribution in [3.05, 3.63) is 29.3 Å². The molecule has 2 radical (unpaired) electrons. The Hall–Kier alpha value is 0.103. The van der Waals surface area contributed by atoms with Crippen LogP contribution in [0.4, 0.5) is 0 Å². The minimum absolute atomic E-state index is 1.37. The Labute approximate surface area is 71.1 Å². The van der Waals surface area contributed by atoms with Gasteiger partial charge in [-0.05, 0) is 0 Å². The summed E-state index contributed by atoms with van der Waals surface area (Å²) in [6.45, 7) is 4.34. The first-order valence-electron chi connectivity index (χ1n) is 2.97. The molecule has 9 heavy (non-hydrogen) atoms. The Kier molecular flexibility index (Phi) is 2.24. The first kappa shape index (κ1) is 7.21. The molecule has 0 saturated carbocycles. The van der Waals surface area contributed by atoms with Crippen LogP contribution in [0.1, 0.15) is 11.1 Å². The summed E-state index contributed by atoms with van der Waals surface area (Å²) in [4.78, 5) is 0. The van der Waals surface area contributed by atoms with Crippen LogP contribution in [-0.4, -0.2) is 24.7 Å². The molecule has 46 valence electrons. The van der Waals surface area contributed by atoms with Gasteiger partial charge in [0.2, 0.25) is 0 Å². The van der Waals surface area contributed by atoms with Gasteiger partial charge in [-0.2, -0.15) is 0 Å². The first-order valence-corrected chi connectivity index (χ1v) is 4.71. The van der Waals surface area contributed by atoms with Gasteiger partial charge in [-0.15, -0.1) is 0 Å². The summed E-state index contributed by atoms with van der Waals surface area (Å²) in [7, 11) is 0. The van der Waals surface area contributed by atoms with Crippen molar-refractivity contribution in [2.24, 2.45) is 0 Å². The zero-order valence-electron chi connectivity index (χ0n) is 5.68. The van der Waals surface area contributed by atoms with E-state index in [9.17, 15) is 0 Å². The number of hydrogen-bond donors (Lipinski definition) is 0. The average molecular weight is 314 g/mol. The third-order valence-corrected chi connectivity index (χ3v) is 3.46. The van der Waals surface area contributed by atoms with E-state index in [1.165, 1.54) is 39.1 Å². The monoisotopic (exact) mass is 314 g/mol. The molecular formula is C8H9Bi. The van der Waals surface area contributed by atoms with Gasteiger partial charge < -0.3 is 0 Å². The summed E-state index contributed by atoms with van der Waals surface area (Å²) in [5.41, 5.74) is 2.88. The fraction of sp³-hybridized carbons (Fsp3) is 0.250. The molecule has 1 aromatic rings. The molecule has 0 saturated heterocycles. The van der Waals surface area contributed by atoms with E-state index in [-0.39, 0.29) is 0 Å². The zero-order valence-corrected chi connectivity index (χ0v) is 9.16. The Morgan fingerprint density at radius 1 is 1.22 bits per heavy atom. The minimum atomic E-state index is 1.37. The fourth-order valence-corrected chi connectivity index (χ4v) is 1.76. The van der Waals surface area contributed by atoms with E-state index >= 15 is 0 Å². The summed E-state index contributed by atoms with van der Waals surface area (Å²) >= 11 is 1.37. The molecule has 0 spiro atoms. The van der Waals surface area contributed by atoms with Gasteiger partial charge in [0, 0.05) is 0 Å². The third-order valence-electron chi connectivity index (χ3n) is 1.58. The van der Waals surface area contributed by atoms with Crippen molar-refractivity contribution in [1.82, 2.24) is 0 Å². The maximum absolute atomic E-state index is 2.19. The van der Waals surface area contributed by atoms with Crippen LogP contribution in [-0.2, 0) is 0 Å². The molecule has 0 amide bonds. The molecule has 1 aromatic carbocycles. The number of rotatable bonds is 0. The summed E-state index contributed by atoms with van der Waals surface area (Å²) in [6, 6.07) is 6.47. The zero-order chi connectivity index (χ0) is 6.85. The Balaban J connectivity index is 3.25. The Morgan fingerprint density at radius 3 is 2.33 bits per heavy atom. The van der Waals surface area contributed by atoms with Crippen molar-refractivity contribution < 1.29 is 0 Å². The molecule has 0 aliphatic carbocycles. The van der Waals surface area contributed by atoms with Gasteiger partial charge in [-0.25, -0.2) is 0 Å². The van der Waals surface area contributed by atoms with Crippen LogP contribution < -0.4 is 3.27 Å². The van der Waals surface area contributed by atoms with E-state index in [1.54, 1.807) is 0 Å². The van der Waals surface area contributed by atoms with E-state index < -0.39 is 0 Å². The molecule has 0 atom stereocenters. The molecule has 0 bridgehead atoms. The second-order valence-electron chi connectivity index (χ2n) is 2.22. The SMILES string of the molecule is Cc1ccc[c]([Bi])c1C. The van der Waals surface area contributed by atoms with Crippen LogP contribution >= 0.6 is 0 Å². The van der Waals surface area contributed by atoms with Crippen molar-refractivity contribution in [2.75, 3.05) is 0 Å². The topological polar surface area (TPSA) is 0 Å². The van der Waals surface area contributed by atoms with Gasteiger partial charge in [0.25, 0.3) is 0 Å². The molecular weight excluding hydrogens is 305 g/mol. The van der Waals surface area contributed by atoms with Gasteiger partial charge in [-0.1, -0.05) is 0 Å². The van der Waals surface area contributed by atoms with Crippen LogP contribution in [0.5, 0.6) is 0 Å². The second-order valence-corrected chi connectivity index (χ2v) is 4.09. The molecule has 0 unspecified atom stereocenters. The van der Waals surface area contributed by atoms with Crippen LogP contribution in [0, 0.1) is 13.8 Å². The molecule has 0 fully saturated rings. The predicted octanol–water partition coefficient (Wildman–Crippen LogP) is 1.10. The summed E-state index contributed by atoms with van der Waals surface area (Å²) in [5.74, 6) is 0. The normalized spacial score (nSPS) is 9.67. The van der Waals surface area contributed by atoms with Crippen molar-refractivity contribution in [3.8, 4) is 0 Å². The maximum atomic E-state index is 2.19. The van der Waals surface area contributed by atoms with Crippen LogP contribution in [0.25, 0.3) is 0 Å². The standard InChI is InChI=1S/C8H9.Bi/c1-7-5-3-4-6-8(7)2;/h3-5H,1-2H3;. The van der Waals surface area contributed by atoms with Crippen molar-refractivity contribution in [3.63, 3.8) is 0 Å². The number of aryl methyl sites for hydroxylation is 1. The Bertz CT molecular complexity index is 196. The van der Waals surface area contributed by atoms with E-state index in [4.69, 9.17) is 0 Å². The second kappa shape index (κ2) is 2.79.